The predicted molar refractivity (Wildman–Crippen MR) is 164 cm³/mol. The summed E-state index contributed by atoms with van der Waals surface area (Å²) in [5, 5.41) is 18.3. The van der Waals surface area contributed by atoms with Gasteiger partial charge in [-0.1, -0.05) is 0 Å². The Morgan fingerprint density at radius 2 is 1.40 bits per heavy atom. The summed E-state index contributed by atoms with van der Waals surface area (Å²) in [7, 11) is 0. The van der Waals surface area contributed by atoms with Crippen molar-refractivity contribution in [3.63, 3.8) is 0 Å². The summed E-state index contributed by atoms with van der Waals surface area (Å²) in [4.78, 5) is 111. The molecule has 0 bridgehead atoms. The van der Waals surface area contributed by atoms with Gasteiger partial charge in [-0.05, 0) is 37.0 Å². The minimum Gasteiger partial charge on any atom is -0.368 e. The number of carbonyl (C=O) groups is 9. The maximum absolute atomic E-state index is 13.9. The van der Waals surface area contributed by atoms with Crippen LogP contribution < -0.4 is 48.3 Å². The molecule has 1 fully saturated rings. The van der Waals surface area contributed by atoms with Gasteiger partial charge in [0.2, 0.25) is 53.2 Å². The van der Waals surface area contributed by atoms with Crippen molar-refractivity contribution in [2.24, 2.45) is 5.73 Å². The topological polar surface area (TPSA) is 276 Å². The Hall–Kier alpha value is -5.76. The van der Waals surface area contributed by atoms with Crippen LogP contribution in [0.4, 0.5) is 13.2 Å². The molecule has 2 rings (SSSR count). The Kier molecular flexibility index (Phi) is 16.1. The van der Waals surface area contributed by atoms with Crippen molar-refractivity contribution in [1.29, 1.82) is 0 Å². The minimum atomic E-state index is -1.77. The van der Waals surface area contributed by atoms with Gasteiger partial charge in [0, 0.05) is 26.3 Å². The summed E-state index contributed by atoms with van der Waals surface area (Å²) in [5.74, 6) is -12.4. The first kappa shape index (κ1) is 40.4. The molecule has 10 N–H and O–H groups in total. The van der Waals surface area contributed by atoms with Crippen LogP contribution in [-0.2, 0) is 49.6 Å². The average Bonchev–Trinajstić information content (AvgIpc) is 3.05. The van der Waals surface area contributed by atoms with Gasteiger partial charge in [-0.15, -0.1) is 0 Å². The van der Waals surface area contributed by atoms with Crippen LogP contribution in [0.2, 0.25) is 0 Å². The van der Waals surface area contributed by atoms with E-state index in [-0.39, 0.29) is 37.8 Å². The number of hydrogen-bond acceptors (Lipinski definition) is 9. The number of carbonyl (C=O) groups excluding carboxylic acids is 9. The van der Waals surface area contributed by atoms with Gasteiger partial charge in [-0.2, -0.15) is 0 Å². The van der Waals surface area contributed by atoms with E-state index in [1.54, 1.807) is 0 Å². The van der Waals surface area contributed by atoms with Gasteiger partial charge >= 0.3 is 0 Å². The zero-order chi connectivity index (χ0) is 37.4. The molecule has 0 spiro atoms. The van der Waals surface area contributed by atoms with Crippen molar-refractivity contribution in [3.8, 4) is 0 Å². The number of halogens is 3. The van der Waals surface area contributed by atoms with E-state index in [4.69, 9.17) is 5.73 Å². The highest BCUT2D eigenvalue weighted by atomic mass is 19.2. The first-order valence-electron chi connectivity index (χ1n) is 15.2. The molecule has 1 heterocycles. The lowest BCUT2D eigenvalue weighted by Gasteiger charge is -2.21. The Morgan fingerprint density at radius 3 is 2.04 bits per heavy atom. The number of rotatable bonds is 6. The molecular weight excluding hydrogens is 675 g/mol. The number of hydrogen-bond donors (Lipinski definition) is 9. The Bertz CT molecular complexity index is 1470. The van der Waals surface area contributed by atoms with Crippen molar-refractivity contribution < 1.29 is 56.3 Å². The Morgan fingerprint density at radius 1 is 0.800 bits per heavy atom. The molecule has 1 aliphatic heterocycles. The Labute approximate surface area is 283 Å². The van der Waals surface area contributed by atoms with E-state index in [0.717, 1.165) is 6.92 Å². The standard InChI is InChI=1S/C29H38F3N9O9/c1-14(42)35-11-23(45)40-19-3-2-6-34-21(43)5-4-18(27(33)48)39-24(46)12-36-22(44)10-37-29(50)20(41-25(47)13-38-28(19)49)9-15-7-16(30)26(32)17(31)8-15/h7-8,18-20H,2-6,9-13H2,1H3,(H2,33,48)(H,34,43)(H,35,42)(H,36,44)(H,37,50)(H,38,49)(H,39,46)(H,40,45)(H,41,47). The first-order chi connectivity index (χ1) is 23.5. The van der Waals surface area contributed by atoms with E-state index in [9.17, 15) is 56.3 Å². The molecule has 0 aromatic heterocycles. The summed E-state index contributed by atoms with van der Waals surface area (Å²) in [6, 6.07) is -3.02. The Balaban J connectivity index is 2.29. The fourth-order valence-electron chi connectivity index (χ4n) is 4.39. The van der Waals surface area contributed by atoms with Crippen molar-refractivity contribution in [2.75, 3.05) is 32.7 Å². The summed E-state index contributed by atoms with van der Waals surface area (Å²) in [6.45, 7) is -1.53. The quantitative estimate of drug-likeness (QED) is 0.129. The summed E-state index contributed by atoms with van der Waals surface area (Å²) in [6.07, 6.45) is -1.03. The van der Waals surface area contributed by atoms with Crippen LogP contribution in [0.3, 0.4) is 0 Å². The number of nitrogens with one attached hydrogen (secondary N) is 8. The lowest BCUT2D eigenvalue weighted by atomic mass is 10.0. The molecule has 0 saturated carbocycles. The third kappa shape index (κ3) is 14.6. The van der Waals surface area contributed by atoms with Crippen LogP contribution >= 0.6 is 0 Å². The van der Waals surface area contributed by atoms with Crippen molar-refractivity contribution in [3.05, 3.63) is 35.1 Å². The zero-order valence-corrected chi connectivity index (χ0v) is 26.8. The number of nitrogens with two attached hydrogens (primary N) is 1. The first-order valence-corrected chi connectivity index (χ1v) is 15.2. The fraction of sp³-hybridized carbons (Fsp3) is 0.483. The molecule has 274 valence electrons. The average molecular weight is 714 g/mol. The normalized spacial score (nSPS) is 20.8. The molecular formula is C29H38F3N9O9. The van der Waals surface area contributed by atoms with Crippen molar-refractivity contribution >= 4 is 53.2 Å². The summed E-state index contributed by atoms with van der Waals surface area (Å²) >= 11 is 0. The van der Waals surface area contributed by atoms with Gasteiger partial charge < -0.3 is 48.3 Å². The van der Waals surface area contributed by atoms with Crippen LogP contribution in [0.1, 0.15) is 38.2 Å². The van der Waals surface area contributed by atoms with E-state index >= 15 is 0 Å². The maximum atomic E-state index is 13.9. The van der Waals surface area contributed by atoms with Crippen molar-refractivity contribution in [1.82, 2.24) is 42.5 Å². The van der Waals surface area contributed by atoms with Gasteiger partial charge in [-0.25, -0.2) is 13.2 Å². The highest BCUT2D eigenvalue weighted by molar-refractivity contribution is 5.95. The highest BCUT2D eigenvalue weighted by Crippen LogP contribution is 2.15. The van der Waals surface area contributed by atoms with E-state index in [1.807, 2.05) is 0 Å². The number of primary amides is 1. The van der Waals surface area contributed by atoms with Gasteiger partial charge in [-0.3, -0.25) is 43.2 Å². The highest BCUT2D eigenvalue weighted by Gasteiger charge is 2.26. The number of benzene rings is 1. The van der Waals surface area contributed by atoms with Gasteiger partial charge in [0.1, 0.15) is 18.1 Å². The molecule has 1 aromatic rings. The largest absolute Gasteiger partial charge is 0.368 e. The lowest BCUT2D eigenvalue weighted by Crippen LogP contribution is -2.54. The van der Waals surface area contributed by atoms with Crippen LogP contribution in [-0.4, -0.2) is 104 Å². The fourth-order valence-corrected chi connectivity index (χ4v) is 4.39. The molecule has 1 aliphatic rings. The third-order valence-corrected chi connectivity index (χ3v) is 6.91. The second kappa shape index (κ2) is 19.9. The summed E-state index contributed by atoms with van der Waals surface area (Å²) in [5.41, 5.74) is 5.05. The van der Waals surface area contributed by atoms with Gasteiger partial charge in [0.15, 0.2) is 17.5 Å². The molecule has 18 nitrogen and oxygen atoms in total. The predicted octanol–water partition coefficient (Wildman–Crippen LogP) is -4.24. The molecule has 3 atom stereocenters. The van der Waals surface area contributed by atoms with Gasteiger partial charge in [0.05, 0.1) is 26.2 Å². The second-order valence-corrected chi connectivity index (χ2v) is 11.0. The molecule has 3 unspecified atom stereocenters. The maximum Gasteiger partial charge on any atom is 0.243 e. The van der Waals surface area contributed by atoms with Crippen LogP contribution in [0.5, 0.6) is 0 Å². The second-order valence-electron chi connectivity index (χ2n) is 11.0. The smallest absolute Gasteiger partial charge is 0.243 e. The SMILES string of the molecule is CC(=O)NCC(=O)NC1CCCNC(=O)CCC(C(N)=O)NC(=O)CNC(=O)CNC(=O)C(Cc2cc(F)c(F)c(F)c2)NC(=O)CNC1=O. The minimum absolute atomic E-state index is 0.00827. The molecule has 0 radical (unpaired) electrons. The molecule has 0 aliphatic carbocycles. The number of amides is 9. The molecule has 9 amide bonds. The third-order valence-electron chi connectivity index (χ3n) is 6.91. The molecule has 50 heavy (non-hydrogen) atoms. The molecule has 21 heteroatoms. The zero-order valence-electron chi connectivity index (χ0n) is 26.8. The van der Waals surface area contributed by atoms with E-state index in [2.05, 4.69) is 42.5 Å². The lowest BCUT2D eigenvalue weighted by molar-refractivity contribution is -0.132. The summed E-state index contributed by atoms with van der Waals surface area (Å²) < 4.78 is 41.2. The van der Waals surface area contributed by atoms with Crippen molar-refractivity contribution in [2.45, 2.75) is 57.2 Å². The van der Waals surface area contributed by atoms with Crippen LogP contribution in [0.25, 0.3) is 0 Å². The van der Waals surface area contributed by atoms with Crippen LogP contribution in [0, 0.1) is 17.5 Å². The molecule has 1 saturated heterocycles. The van der Waals surface area contributed by atoms with E-state index in [0.29, 0.717) is 12.1 Å². The molecule has 1 aromatic carbocycles. The van der Waals surface area contributed by atoms with E-state index in [1.165, 1.54) is 0 Å². The van der Waals surface area contributed by atoms with E-state index < -0.39 is 121 Å². The monoisotopic (exact) mass is 713 g/mol. The van der Waals surface area contributed by atoms with Gasteiger partial charge in [0.25, 0.3) is 0 Å². The van der Waals surface area contributed by atoms with Crippen LogP contribution in [0.15, 0.2) is 12.1 Å².